The van der Waals surface area contributed by atoms with Crippen LogP contribution in [-0.2, 0) is 9.53 Å². The Labute approximate surface area is 219 Å². The number of esters is 1. The van der Waals surface area contributed by atoms with Crippen molar-refractivity contribution in [3.63, 3.8) is 0 Å². The van der Waals surface area contributed by atoms with Crippen molar-refractivity contribution < 1.29 is 19.7 Å². The highest BCUT2D eigenvalue weighted by Gasteiger charge is 2.71. The van der Waals surface area contributed by atoms with Crippen molar-refractivity contribution >= 4 is 5.97 Å². The molecule has 11 unspecified atom stereocenters. The van der Waals surface area contributed by atoms with Gasteiger partial charge in [-0.05, 0) is 110 Å². The first-order valence-corrected chi connectivity index (χ1v) is 14.8. The van der Waals surface area contributed by atoms with E-state index in [2.05, 4.69) is 48.1 Å². The molecule has 36 heavy (non-hydrogen) atoms. The number of ether oxygens (including phenoxy) is 1. The fourth-order valence-electron chi connectivity index (χ4n) is 11.9. The van der Waals surface area contributed by atoms with Gasteiger partial charge in [0.25, 0.3) is 0 Å². The number of carbonyl (C=O) groups excluding carboxylic acids is 1. The Hall–Kier alpha value is -0.870. The molecule has 5 aliphatic carbocycles. The zero-order valence-electron chi connectivity index (χ0n) is 24.0. The second kappa shape index (κ2) is 8.31. The van der Waals surface area contributed by atoms with Gasteiger partial charge in [-0.3, -0.25) is 4.79 Å². The van der Waals surface area contributed by atoms with Gasteiger partial charge in [-0.1, -0.05) is 46.8 Å². The number of aliphatic hydroxyl groups is 2. The monoisotopic (exact) mass is 500 g/mol. The molecule has 2 N–H and O–H groups in total. The van der Waals surface area contributed by atoms with E-state index < -0.39 is 6.10 Å². The predicted octanol–water partition coefficient (Wildman–Crippen LogP) is 6.54. The normalized spacial score (nSPS) is 53.4. The van der Waals surface area contributed by atoms with Gasteiger partial charge in [-0.2, -0.15) is 0 Å². The van der Waals surface area contributed by atoms with E-state index in [0.717, 1.165) is 37.7 Å². The molecule has 0 bridgehead atoms. The third-order valence-electron chi connectivity index (χ3n) is 13.7. The lowest BCUT2D eigenvalue weighted by Crippen LogP contribution is -2.66. The molecule has 11 atom stereocenters. The van der Waals surface area contributed by atoms with Gasteiger partial charge in [0.1, 0.15) is 0 Å². The molecular weight excluding hydrogens is 448 g/mol. The Balaban J connectivity index is 1.54. The quantitative estimate of drug-likeness (QED) is 0.341. The van der Waals surface area contributed by atoms with Gasteiger partial charge in [0.15, 0.2) is 0 Å². The summed E-state index contributed by atoms with van der Waals surface area (Å²) in [5, 5.41) is 22.3. The average molecular weight is 501 g/mol. The first-order valence-electron chi connectivity index (χ1n) is 14.8. The second-order valence-corrected chi connectivity index (χ2v) is 15.4. The van der Waals surface area contributed by atoms with Crippen molar-refractivity contribution in [2.75, 3.05) is 6.61 Å². The number of rotatable bonds is 3. The summed E-state index contributed by atoms with van der Waals surface area (Å²) in [4.78, 5) is 11.9. The number of hydrogen-bond donors (Lipinski definition) is 2. The lowest BCUT2D eigenvalue weighted by atomic mass is 9.32. The standard InChI is InChI=1S/C32H52O4/c1-19(2)26-22(34)17-32(18-36-20(3)33)16-15-30(7)21(27(26)32)9-10-24-29(6)13-12-25(35)28(4,5)23(29)11-14-31(24,30)8/h21-27,34-35H,1,9-18H2,2-8H3. The first kappa shape index (κ1) is 26.7. The van der Waals surface area contributed by atoms with Crippen LogP contribution < -0.4 is 0 Å². The van der Waals surface area contributed by atoms with Gasteiger partial charge in [-0.25, -0.2) is 0 Å². The van der Waals surface area contributed by atoms with E-state index in [4.69, 9.17) is 4.74 Å². The largest absolute Gasteiger partial charge is 0.465 e. The zero-order chi connectivity index (χ0) is 26.5. The van der Waals surface area contributed by atoms with Crippen LogP contribution in [-0.4, -0.2) is 35.0 Å². The van der Waals surface area contributed by atoms with Crippen molar-refractivity contribution in [2.45, 2.75) is 118 Å². The van der Waals surface area contributed by atoms with Crippen molar-refractivity contribution in [1.82, 2.24) is 0 Å². The Morgan fingerprint density at radius 2 is 1.58 bits per heavy atom. The van der Waals surface area contributed by atoms with E-state index in [1.807, 2.05) is 0 Å². The summed E-state index contributed by atoms with van der Waals surface area (Å²) in [5.74, 6) is 1.91. The Kier molecular flexibility index (Phi) is 6.17. The van der Waals surface area contributed by atoms with Gasteiger partial charge >= 0.3 is 5.97 Å². The van der Waals surface area contributed by atoms with E-state index in [1.54, 1.807) is 0 Å². The Morgan fingerprint density at radius 1 is 0.889 bits per heavy atom. The highest BCUT2D eigenvalue weighted by molar-refractivity contribution is 5.66. The van der Waals surface area contributed by atoms with Crippen LogP contribution >= 0.6 is 0 Å². The average Bonchev–Trinajstić information content (AvgIpc) is 3.08. The van der Waals surface area contributed by atoms with E-state index >= 15 is 0 Å². The molecule has 0 amide bonds. The fourth-order valence-corrected chi connectivity index (χ4v) is 11.9. The first-order chi connectivity index (χ1) is 16.6. The molecule has 204 valence electrons. The minimum Gasteiger partial charge on any atom is -0.465 e. The van der Waals surface area contributed by atoms with E-state index in [0.29, 0.717) is 30.3 Å². The van der Waals surface area contributed by atoms with E-state index in [-0.39, 0.29) is 45.1 Å². The molecule has 0 aliphatic heterocycles. The van der Waals surface area contributed by atoms with Crippen LogP contribution in [0.15, 0.2) is 12.2 Å². The number of carbonyl (C=O) groups is 1. The highest BCUT2D eigenvalue weighted by atomic mass is 16.5. The summed E-state index contributed by atoms with van der Waals surface area (Å²) in [7, 11) is 0. The topological polar surface area (TPSA) is 66.8 Å². The maximum Gasteiger partial charge on any atom is 0.302 e. The van der Waals surface area contributed by atoms with Gasteiger partial charge in [0, 0.05) is 18.3 Å². The molecule has 5 aliphatic rings. The van der Waals surface area contributed by atoms with E-state index in [1.165, 1.54) is 32.6 Å². The molecule has 4 heteroatoms. The summed E-state index contributed by atoms with van der Waals surface area (Å²) >= 11 is 0. The molecule has 0 aromatic heterocycles. The van der Waals surface area contributed by atoms with Crippen LogP contribution in [0.2, 0.25) is 0 Å². The number of aliphatic hydroxyl groups excluding tert-OH is 2. The van der Waals surface area contributed by atoms with Gasteiger partial charge < -0.3 is 14.9 Å². The van der Waals surface area contributed by atoms with Crippen molar-refractivity contribution in [3.05, 3.63) is 12.2 Å². The van der Waals surface area contributed by atoms with Gasteiger partial charge in [-0.15, -0.1) is 0 Å². The molecule has 5 fully saturated rings. The van der Waals surface area contributed by atoms with E-state index in [9.17, 15) is 15.0 Å². The van der Waals surface area contributed by atoms with Gasteiger partial charge in [0.05, 0.1) is 18.8 Å². The van der Waals surface area contributed by atoms with Crippen LogP contribution in [0.3, 0.4) is 0 Å². The predicted molar refractivity (Wildman–Crippen MR) is 143 cm³/mol. The third-order valence-corrected chi connectivity index (χ3v) is 13.7. The van der Waals surface area contributed by atoms with Crippen molar-refractivity contribution in [1.29, 1.82) is 0 Å². The lowest BCUT2D eigenvalue weighted by molar-refractivity contribution is -0.250. The molecule has 0 radical (unpaired) electrons. The minimum atomic E-state index is -0.398. The number of hydrogen-bond acceptors (Lipinski definition) is 4. The molecule has 0 aromatic carbocycles. The number of fused-ring (bicyclic) bond motifs is 7. The fraction of sp³-hybridized carbons (Fsp3) is 0.906. The zero-order valence-corrected chi connectivity index (χ0v) is 24.0. The maximum atomic E-state index is 11.9. The minimum absolute atomic E-state index is 0.0293. The third kappa shape index (κ3) is 3.34. The molecule has 4 nitrogen and oxygen atoms in total. The van der Waals surface area contributed by atoms with Crippen LogP contribution in [0.1, 0.15) is 106 Å². The van der Waals surface area contributed by atoms with Crippen LogP contribution in [0, 0.1) is 56.7 Å². The van der Waals surface area contributed by atoms with Crippen LogP contribution in [0.5, 0.6) is 0 Å². The highest BCUT2D eigenvalue weighted by Crippen LogP contribution is 2.77. The SMILES string of the molecule is C=C(C)C1C(O)CC2(COC(C)=O)CCC3(C)C(CCC4C5(C)CCC(O)C(C)(C)C5CCC43C)C12. The van der Waals surface area contributed by atoms with Crippen LogP contribution in [0.4, 0.5) is 0 Å². The van der Waals surface area contributed by atoms with Gasteiger partial charge in [0.2, 0.25) is 0 Å². The summed E-state index contributed by atoms with van der Waals surface area (Å²) in [6.45, 7) is 20.8. The van der Waals surface area contributed by atoms with Crippen molar-refractivity contribution in [3.8, 4) is 0 Å². The molecule has 0 saturated heterocycles. The smallest absolute Gasteiger partial charge is 0.302 e. The molecule has 0 heterocycles. The summed E-state index contributed by atoms with van der Waals surface area (Å²) in [6, 6.07) is 0. The molecule has 5 rings (SSSR count). The molecule has 0 spiro atoms. The molecule has 0 aromatic rings. The Bertz CT molecular complexity index is 925. The van der Waals surface area contributed by atoms with Crippen LogP contribution in [0.25, 0.3) is 0 Å². The Morgan fingerprint density at radius 3 is 2.22 bits per heavy atom. The van der Waals surface area contributed by atoms with Crippen molar-refractivity contribution in [2.24, 2.45) is 56.7 Å². The summed E-state index contributed by atoms with van der Waals surface area (Å²) < 4.78 is 5.72. The lowest BCUT2D eigenvalue weighted by Gasteiger charge is -2.73. The second-order valence-electron chi connectivity index (χ2n) is 15.4. The summed E-state index contributed by atoms with van der Waals surface area (Å²) in [5.41, 5.74) is 1.61. The molecule has 5 saturated carbocycles. The summed E-state index contributed by atoms with van der Waals surface area (Å²) in [6.07, 6.45) is 9.19. The maximum absolute atomic E-state index is 11.9. The molecular formula is C32H52O4.